The molecule has 3 heteroatoms. The zero-order valence-corrected chi connectivity index (χ0v) is 10.1. The Labute approximate surface area is 102 Å². The summed E-state index contributed by atoms with van der Waals surface area (Å²) in [5, 5.41) is 0. The van der Waals surface area contributed by atoms with Crippen LogP contribution in [0.4, 0.5) is 5.69 Å². The van der Waals surface area contributed by atoms with Gasteiger partial charge in [0.05, 0.1) is 5.69 Å². The molecule has 1 heterocycles. The lowest BCUT2D eigenvalue weighted by molar-refractivity contribution is -0.113. The molecule has 0 bridgehead atoms. The first-order valence-electron chi connectivity index (χ1n) is 5.84. The van der Waals surface area contributed by atoms with E-state index in [4.69, 9.17) is 4.74 Å². The fourth-order valence-corrected chi connectivity index (χ4v) is 2.02. The van der Waals surface area contributed by atoms with Gasteiger partial charge in [-0.1, -0.05) is 17.7 Å². The fraction of sp³-hybridized carbons (Fsp3) is 0.357. The van der Waals surface area contributed by atoms with Crippen LogP contribution in [0, 0.1) is 0 Å². The SMILES string of the molecule is C=C(C)CCCN1c2ccccc2OC1C=O. The van der Waals surface area contributed by atoms with Gasteiger partial charge in [0.25, 0.3) is 0 Å². The Morgan fingerprint density at radius 3 is 3.00 bits per heavy atom. The number of para-hydroxylation sites is 2. The Kier molecular flexibility index (Phi) is 3.47. The summed E-state index contributed by atoms with van der Waals surface area (Å²) in [6.45, 7) is 6.72. The molecule has 0 saturated carbocycles. The van der Waals surface area contributed by atoms with Crippen LogP contribution in [0.1, 0.15) is 19.8 Å². The Hall–Kier alpha value is -1.77. The summed E-state index contributed by atoms with van der Waals surface area (Å²) >= 11 is 0. The highest BCUT2D eigenvalue weighted by molar-refractivity contribution is 5.72. The summed E-state index contributed by atoms with van der Waals surface area (Å²) in [5.74, 6) is 0.792. The van der Waals surface area contributed by atoms with Gasteiger partial charge in [-0.2, -0.15) is 0 Å². The van der Waals surface area contributed by atoms with Gasteiger partial charge in [0, 0.05) is 6.54 Å². The fourth-order valence-electron chi connectivity index (χ4n) is 2.02. The second kappa shape index (κ2) is 5.04. The van der Waals surface area contributed by atoms with E-state index in [1.165, 1.54) is 5.57 Å². The number of fused-ring (bicyclic) bond motifs is 1. The Morgan fingerprint density at radius 2 is 2.29 bits per heavy atom. The topological polar surface area (TPSA) is 29.5 Å². The molecule has 0 fully saturated rings. The molecule has 1 aliphatic heterocycles. The van der Waals surface area contributed by atoms with E-state index in [9.17, 15) is 4.79 Å². The summed E-state index contributed by atoms with van der Waals surface area (Å²) in [6.07, 6.45) is 2.33. The monoisotopic (exact) mass is 231 g/mol. The molecular formula is C14H17NO2. The molecule has 0 amide bonds. The molecule has 17 heavy (non-hydrogen) atoms. The van der Waals surface area contributed by atoms with Gasteiger partial charge in [0.15, 0.2) is 6.29 Å². The van der Waals surface area contributed by atoms with Crippen molar-refractivity contribution in [3.8, 4) is 5.75 Å². The van der Waals surface area contributed by atoms with Gasteiger partial charge in [-0.05, 0) is 31.9 Å². The van der Waals surface area contributed by atoms with E-state index in [0.717, 1.165) is 37.1 Å². The van der Waals surface area contributed by atoms with Crippen molar-refractivity contribution in [2.75, 3.05) is 11.4 Å². The van der Waals surface area contributed by atoms with Gasteiger partial charge in [0.1, 0.15) is 5.75 Å². The molecule has 1 aromatic carbocycles. The molecule has 2 rings (SSSR count). The van der Waals surface area contributed by atoms with E-state index in [0.29, 0.717) is 0 Å². The van der Waals surface area contributed by atoms with Crippen LogP contribution in [0.3, 0.4) is 0 Å². The minimum absolute atomic E-state index is 0.475. The van der Waals surface area contributed by atoms with E-state index in [-0.39, 0.29) is 0 Å². The number of carbonyl (C=O) groups excluding carboxylic acids is 1. The number of nitrogens with zero attached hydrogens (tertiary/aromatic N) is 1. The minimum Gasteiger partial charge on any atom is -0.461 e. The number of anilines is 1. The number of aldehydes is 1. The molecule has 0 radical (unpaired) electrons. The number of hydrogen-bond acceptors (Lipinski definition) is 3. The van der Waals surface area contributed by atoms with Crippen molar-refractivity contribution >= 4 is 12.0 Å². The number of allylic oxidation sites excluding steroid dienone is 1. The molecular weight excluding hydrogens is 214 g/mol. The third-order valence-electron chi connectivity index (χ3n) is 2.85. The number of benzene rings is 1. The van der Waals surface area contributed by atoms with Crippen molar-refractivity contribution in [2.45, 2.75) is 26.0 Å². The number of carbonyl (C=O) groups is 1. The minimum atomic E-state index is -0.475. The van der Waals surface area contributed by atoms with Crippen molar-refractivity contribution in [1.82, 2.24) is 0 Å². The van der Waals surface area contributed by atoms with Crippen LogP contribution in [-0.2, 0) is 4.79 Å². The molecule has 1 aliphatic rings. The molecule has 1 atom stereocenters. The summed E-state index contributed by atoms with van der Waals surface area (Å²) in [5.41, 5.74) is 2.17. The smallest absolute Gasteiger partial charge is 0.229 e. The maximum absolute atomic E-state index is 11.0. The third kappa shape index (κ3) is 2.49. The highest BCUT2D eigenvalue weighted by Crippen LogP contribution is 2.36. The zero-order valence-electron chi connectivity index (χ0n) is 10.1. The van der Waals surface area contributed by atoms with Crippen molar-refractivity contribution in [3.05, 3.63) is 36.4 Å². The highest BCUT2D eigenvalue weighted by atomic mass is 16.5. The van der Waals surface area contributed by atoms with Gasteiger partial charge >= 0.3 is 0 Å². The number of hydrogen-bond donors (Lipinski definition) is 0. The lowest BCUT2D eigenvalue weighted by Crippen LogP contribution is -2.36. The second-order valence-electron chi connectivity index (χ2n) is 4.37. The summed E-state index contributed by atoms with van der Waals surface area (Å²) in [4.78, 5) is 13.0. The molecule has 90 valence electrons. The number of rotatable bonds is 5. The largest absolute Gasteiger partial charge is 0.461 e. The summed E-state index contributed by atoms with van der Waals surface area (Å²) in [6, 6.07) is 7.75. The summed E-state index contributed by atoms with van der Waals surface area (Å²) in [7, 11) is 0. The Morgan fingerprint density at radius 1 is 1.53 bits per heavy atom. The van der Waals surface area contributed by atoms with Crippen LogP contribution in [-0.4, -0.2) is 19.1 Å². The predicted octanol–water partition coefficient (Wildman–Crippen LogP) is 2.77. The van der Waals surface area contributed by atoms with Crippen LogP contribution in [0.15, 0.2) is 36.4 Å². The molecule has 0 N–H and O–H groups in total. The van der Waals surface area contributed by atoms with E-state index in [2.05, 4.69) is 6.58 Å². The van der Waals surface area contributed by atoms with E-state index in [1.54, 1.807) is 0 Å². The lowest BCUT2D eigenvalue weighted by Gasteiger charge is -2.21. The van der Waals surface area contributed by atoms with Gasteiger partial charge in [-0.15, -0.1) is 6.58 Å². The highest BCUT2D eigenvalue weighted by Gasteiger charge is 2.29. The average Bonchev–Trinajstić information content (AvgIpc) is 2.67. The molecule has 3 nitrogen and oxygen atoms in total. The maximum atomic E-state index is 11.0. The lowest BCUT2D eigenvalue weighted by atomic mass is 10.2. The van der Waals surface area contributed by atoms with Gasteiger partial charge in [0.2, 0.25) is 6.23 Å². The van der Waals surface area contributed by atoms with E-state index >= 15 is 0 Å². The normalized spacial score (nSPS) is 17.5. The van der Waals surface area contributed by atoms with Crippen LogP contribution in [0.25, 0.3) is 0 Å². The molecule has 1 aromatic rings. The Bertz CT molecular complexity index is 428. The number of ether oxygens (including phenoxy) is 1. The maximum Gasteiger partial charge on any atom is 0.229 e. The van der Waals surface area contributed by atoms with Crippen LogP contribution >= 0.6 is 0 Å². The average molecular weight is 231 g/mol. The molecule has 0 aliphatic carbocycles. The second-order valence-corrected chi connectivity index (χ2v) is 4.37. The molecule has 0 aromatic heterocycles. The first-order chi connectivity index (χ1) is 8.22. The molecule has 1 unspecified atom stereocenters. The van der Waals surface area contributed by atoms with Crippen molar-refractivity contribution in [1.29, 1.82) is 0 Å². The van der Waals surface area contributed by atoms with Crippen molar-refractivity contribution in [2.24, 2.45) is 0 Å². The standard InChI is InChI=1S/C14H17NO2/c1-11(2)6-5-9-15-12-7-3-4-8-13(12)17-14(15)10-16/h3-4,7-8,10,14H,1,5-6,9H2,2H3. The summed E-state index contributed by atoms with van der Waals surface area (Å²) < 4.78 is 5.56. The zero-order chi connectivity index (χ0) is 12.3. The Balaban J connectivity index is 2.08. The van der Waals surface area contributed by atoms with E-state index < -0.39 is 6.23 Å². The van der Waals surface area contributed by atoms with Crippen LogP contribution < -0.4 is 9.64 Å². The first kappa shape index (κ1) is 11.7. The molecule has 0 saturated heterocycles. The van der Waals surface area contributed by atoms with Gasteiger partial charge in [-0.25, -0.2) is 0 Å². The predicted molar refractivity (Wildman–Crippen MR) is 68.3 cm³/mol. The van der Waals surface area contributed by atoms with E-state index in [1.807, 2.05) is 36.1 Å². The van der Waals surface area contributed by atoms with Crippen LogP contribution in [0.5, 0.6) is 5.75 Å². The van der Waals surface area contributed by atoms with Crippen molar-refractivity contribution in [3.63, 3.8) is 0 Å². The van der Waals surface area contributed by atoms with Crippen molar-refractivity contribution < 1.29 is 9.53 Å². The van der Waals surface area contributed by atoms with Gasteiger partial charge in [-0.3, -0.25) is 4.79 Å². The first-order valence-corrected chi connectivity index (χ1v) is 5.84. The van der Waals surface area contributed by atoms with Gasteiger partial charge < -0.3 is 9.64 Å². The third-order valence-corrected chi connectivity index (χ3v) is 2.85. The molecule has 0 spiro atoms. The van der Waals surface area contributed by atoms with Crippen LogP contribution in [0.2, 0.25) is 0 Å². The quantitative estimate of drug-likeness (QED) is 0.576.